The topological polar surface area (TPSA) is 80.0 Å². The fraction of sp³-hybridized carbons (Fsp3) is 0.318. The summed E-state index contributed by atoms with van der Waals surface area (Å²) in [6.45, 7) is 10.1. The lowest BCUT2D eigenvalue weighted by Gasteiger charge is -2.23. The highest BCUT2D eigenvalue weighted by molar-refractivity contribution is 6.31. The molecule has 3 aromatic rings. The van der Waals surface area contributed by atoms with Crippen molar-refractivity contribution in [1.29, 1.82) is 0 Å². The normalized spacial score (nSPS) is 11.6. The summed E-state index contributed by atoms with van der Waals surface area (Å²) in [4.78, 5) is 13.4. The van der Waals surface area contributed by atoms with Crippen molar-refractivity contribution in [2.24, 2.45) is 0 Å². The van der Waals surface area contributed by atoms with Gasteiger partial charge < -0.3 is 10.4 Å². The molecule has 0 aliphatic carbocycles. The number of phenols is 1. The molecule has 0 bridgehead atoms. The second-order valence-electron chi connectivity index (χ2n) is 7.98. The summed E-state index contributed by atoms with van der Waals surface area (Å²) in [6.07, 6.45) is 2.52. The van der Waals surface area contributed by atoms with E-state index in [1.165, 1.54) is 4.80 Å². The molecule has 7 heteroatoms. The third kappa shape index (κ3) is 4.77. The van der Waals surface area contributed by atoms with Crippen LogP contribution in [-0.2, 0) is 16.6 Å². The monoisotopic (exact) mass is 412 g/mol. The molecule has 6 nitrogen and oxygen atoms in total. The molecule has 0 unspecified atom stereocenters. The smallest absolute Gasteiger partial charge is 0.220 e. The molecular weight excluding hydrogens is 388 g/mol. The van der Waals surface area contributed by atoms with Gasteiger partial charge in [-0.3, -0.25) is 4.79 Å². The van der Waals surface area contributed by atoms with Crippen molar-refractivity contribution in [3.05, 3.63) is 59.1 Å². The van der Waals surface area contributed by atoms with E-state index in [1.54, 1.807) is 24.3 Å². The Labute approximate surface area is 175 Å². The van der Waals surface area contributed by atoms with Gasteiger partial charge in [-0.2, -0.15) is 0 Å². The van der Waals surface area contributed by atoms with Gasteiger partial charge in [0, 0.05) is 23.6 Å². The summed E-state index contributed by atoms with van der Waals surface area (Å²) >= 11 is 6.05. The number of hydrogen-bond acceptors (Lipinski definition) is 4. The number of aryl methyl sites for hydroxylation is 1. The van der Waals surface area contributed by atoms with Gasteiger partial charge in [-0.25, -0.2) is 0 Å². The van der Waals surface area contributed by atoms with E-state index >= 15 is 0 Å². The van der Waals surface area contributed by atoms with Gasteiger partial charge in [0.1, 0.15) is 22.5 Å². The summed E-state index contributed by atoms with van der Waals surface area (Å²) in [5, 5.41) is 23.3. The first-order chi connectivity index (χ1) is 13.7. The van der Waals surface area contributed by atoms with E-state index < -0.39 is 0 Å². The van der Waals surface area contributed by atoms with Crippen molar-refractivity contribution >= 4 is 28.5 Å². The number of nitrogens with one attached hydrogen (secondary N) is 1. The highest BCUT2D eigenvalue weighted by atomic mass is 35.5. The van der Waals surface area contributed by atoms with Gasteiger partial charge in [0.25, 0.3) is 0 Å². The first-order valence-electron chi connectivity index (χ1n) is 9.46. The summed E-state index contributed by atoms with van der Waals surface area (Å²) in [5.41, 5.74) is 3.21. The maximum atomic E-state index is 12.0. The van der Waals surface area contributed by atoms with Crippen LogP contribution in [0.5, 0.6) is 5.75 Å². The molecule has 0 aliphatic rings. The zero-order valence-corrected chi connectivity index (χ0v) is 17.6. The van der Waals surface area contributed by atoms with Crippen LogP contribution in [0.4, 0.5) is 0 Å². The van der Waals surface area contributed by atoms with Crippen molar-refractivity contribution in [1.82, 2.24) is 20.3 Å². The Kier molecular flexibility index (Phi) is 5.94. The van der Waals surface area contributed by atoms with Crippen LogP contribution >= 0.6 is 11.6 Å². The third-order valence-electron chi connectivity index (χ3n) is 4.60. The van der Waals surface area contributed by atoms with Crippen molar-refractivity contribution in [2.45, 2.75) is 39.0 Å². The van der Waals surface area contributed by atoms with Crippen molar-refractivity contribution < 1.29 is 9.90 Å². The van der Waals surface area contributed by atoms with Crippen molar-refractivity contribution in [3.8, 4) is 11.4 Å². The molecule has 2 aromatic carbocycles. The highest BCUT2D eigenvalue weighted by Gasteiger charge is 2.23. The van der Waals surface area contributed by atoms with Gasteiger partial charge in [0.15, 0.2) is 0 Å². The summed E-state index contributed by atoms with van der Waals surface area (Å²) < 4.78 is 0. The quantitative estimate of drug-likeness (QED) is 0.591. The molecule has 1 amide bonds. The molecule has 152 valence electrons. The maximum absolute atomic E-state index is 12.0. The molecule has 1 aromatic heterocycles. The number of benzene rings is 2. The van der Waals surface area contributed by atoms with Crippen LogP contribution in [0, 0.1) is 0 Å². The fourth-order valence-electron chi connectivity index (χ4n) is 3.07. The lowest BCUT2D eigenvalue weighted by molar-refractivity contribution is -0.120. The number of carbonyl (C=O) groups is 1. The molecule has 0 fully saturated rings. The van der Waals surface area contributed by atoms with Gasteiger partial charge in [0.2, 0.25) is 5.91 Å². The zero-order valence-electron chi connectivity index (χ0n) is 16.9. The first-order valence-corrected chi connectivity index (χ1v) is 9.84. The number of phenolic OH excluding ortho intramolecular Hbond substituents is 1. The maximum Gasteiger partial charge on any atom is 0.220 e. The lowest BCUT2D eigenvalue weighted by atomic mass is 9.84. The van der Waals surface area contributed by atoms with Gasteiger partial charge in [-0.05, 0) is 41.7 Å². The van der Waals surface area contributed by atoms with E-state index in [0.717, 1.165) is 11.1 Å². The Morgan fingerprint density at radius 1 is 1.24 bits per heavy atom. The van der Waals surface area contributed by atoms with Crippen LogP contribution in [0.3, 0.4) is 0 Å². The van der Waals surface area contributed by atoms with Crippen molar-refractivity contribution in [3.63, 3.8) is 0 Å². The predicted molar refractivity (Wildman–Crippen MR) is 116 cm³/mol. The summed E-state index contributed by atoms with van der Waals surface area (Å²) in [7, 11) is 0. The van der Waals surface area contributed by atoms with E-state index in [2.05, 4.69) is 22.1 Å². The molecule has 0 atom stereocenters. The minimum absolute atomic E-state index is 0.0468. The van der Waals surface area contributed by atoms with Gasteiger partial charge in [0.05, 0.1) is 0 Å². The highest BCUT2D eigenvalue weighted by Crippen LogP contribution is 2.36. The fourth-order valence-corrected chi connectivity index (χ4v) is 3.24. The van der Waals surface area contributed by atoms with Gasteiger partial charge in [-0.15, -0.1) is 21.6 Å². The molecule has 1 heterocycles. The molecule has 0 saturated carbocycles. The van der Waals surface area contributed by atoms with Crippen LogP contribution in [0.2, 0.25) is 5.02 Å². The molecule has 0 aliphatic heterocycles. The molecule has 2 N–H and O–H groups in total. The number of fused-ring (bicyclic) bond motifs is 1. The second-order valence-corrected chi connectivity index (χ2v) is 8.41. The lowest BCUT2D eigenvalue weighted by Crippen LogP contribution is -2.23. The predicted octanol–water partition coefficient (Wildman–Crippen LogP) is 4.31. The minimum Gasteiger partial charge on any atom is -0.505 e. The van der Waals surface area contributed by atoms with Gasteiger partial charge >= 0.3 is 0 Å². The number of aromatic nitrogens is 3. The number of hydrogen-bond donors (Lipinski definition) is 2. The van der Waals surface area contributed by atoms with Gasteiger partial charge in [-0.1, -0.05) is 44.5 Å². The SMILES string of the molecule is C=CCNC(=O)CCc1cc(-n2nc3ccc(Cl)cc3n2)c(O)c(C(C)(C)C)c1. The molecule has 0 radical (unpaired) electrons. The average molecular weight is 413 g/mol. The molecular formula is C22H25ClN4O2. The molecule has 29 heavy (non-hydrogen) atoms. The Morgan fingerprint density at radius 2 is 1.97 bits per heavy atom. The minimum atomic E-state index is -0.296. The molecule has 3 rings (SSSR count). The van der Waals surface area contributed by atoms with Crippen LogP contribution in [-0.4, -0.2) is 32.6 Å². The van der Waals surface area contributed by atoms with E-state index in [9.17, 15) is 9.90 Å². The number of halogens is 1. The summed E-state index contributed by atoms with van der Waals surface area (Å²) in [6, 6.07) is 9.04. The Balaban J connectivity index is 2.02. The van der Waals surface area contributed by atoms with Crippen LogP contribution in [0.15, 0.2) is 43.0 Å². The van der Waals surface area contributed by atoms with Crippen molar-refractivity contribution in [2.75, 3.05) is 6.54 Å². The van der Waals surface area contributed by atoms with E-state index in [4.69, 9.17) is 11.6 Å². The Hall–Kier alpha value is -2.86. The Morgan fingerprint density at radius 3 is 2.66 bits per heavy atom. The average Bonchev–Trinajstić information content (AvgIpc) is 3.07. The number of rotatable bonds is 6. The standard InChI is InChI=1S/C22H25ClN4O2/c1-5-10-24-20(28)9-6-14-11-16(22(2,3)4)21(29)19(12-14)27-25-17-8-7-15(23)13-18(17)26-27/h5,7-8,11-13,29H,1,6,9-10H2,2-4H3,(H,24,28). The van der Waals surface area contributed by atoms with Crippen LogP contribution in [0.1, 0.15) is 38.3 Å². The number of aromatic hydroxyl groups is 1. The van der Waals surface area contributed by atoms with Crippen LogP contribution in [0.25, 0.3) is 16.7 Å². The first kappa shape index (κ1) is 20.9. The zero-order chi connectivity index (χ0) is 21.2. The summed E-state index contributed by atoms with van der Waals surface area (Å²) in [5.74, 6) is 0.0817. The van der Waals surface area contributed by atoms with Crippen LogP contribution < -0.4 is 5.32 Å². The largest absolute Gasteiger partial charge is 0.505 e. The third-order valence-corrected chi connectivity index (χ3v) is 4.83. The number of nitrogens with zero attached hydrogens (tertiary/aromatic N) is 3. The Bertz CT molecular complexity index is 1070. The van der Waals surface area contributed by atoms with E-state index in [1.807, 2.05) is 32.9 Å². The second kappa shape index (κ2) is 8.25. The molecule has 0 saturated heterocycles. The van der Waals surface area contributed by atoms with E-state index in [-0.39, 0.29) is 17.1 Å². The molecule has 0 spiro atoms. The number of carbonyl (C=O) groups excluding carboxylic acids is 1. The number of amides is 1. The van der Waals surface area contributed by atoms with E-state index in [0.29, 0.717) is 41.1 Å².